The molecule has 210 valence electrons. The molecule has 0 fully saturated rings. The van der Waals surface area contributed by atoms with E-state index in [1.54, 1.807) is 91.0 Å². The van der Waals surface area contributed by atoms with Crippen LogP contribution >= 0.6 is 0 Å². The summed E-state index contributed by atoms with van der Waals surface area (Å²) in [6, 6.07) is 29.3. The number of carbonyl (C=O) groups excluding carboxylic acids is 2. The highest BCUT2D eigenvalue weighted by Crippen LogP contribution is 2.28. The van der Waals surface area contributed by atoms with E-state index < -0.39 is 18.2 Å². The van der Waals surface area contributed by atoms with E-state index in [1.807, 2.05) is 19.1 Å². The molecule has 0 radical (unpaired) electrons. The third-order valence-electron chi connectivity index (χ3n) is 5.53. The van der Waals surface area contributed by atoms with E-state index in [9.17, 15) is 9.59 Å². The van der Waals surface area contributed by atoms with Crippen molar-refractivity contribution in [2.45, 2.75) is 19.6 Å². The van der Waals surface area contributed by atoms with Crippen LogP contribution in [-0.2, 0) is 4.79 Å². The summed E-state index contributed by atoms with van der Waals surface area (Å²) >= 11 is 0. The Morgan fingerprint density at radius 2 is 1.44 bits per heavy atom. The maximum Gasteiger partial charge on any atom is 0.343 e. The Balaban J connectivity index is 1.39. The molecule has 0 atom stereocenters. The number of carbonyl (C=O) groups is 2. The molecule has 0 heterocycles. The molecule has 0 aliphatic carbocycles. The zero-order valence-corrected chi connectivity index (χ0v) is 22.7. The van der Waals surface area contributed by atoms with Gasteiger partial charge in [-0.1, -0.05) is 43.3 Å². The van der Waals surface area contributed by atoms with Gasteiger partial charge in [-0.2, -0.15) is 5.10 Å². The molecule has 4 rings (SSSR count). The molecule has 1 amide bonds. The van der Waals surface area contributed by atoms with E-state index >= 15 is 0 Å². The minimum absolute atomic E-state index is 0.234. The average Bonchev–Trinajstić information content (AvgIpc) is 3.01. The number of esters is 1. The largest absolute Gasteiger partial charge is 0.494 e. The van der Waals surface area contributed by atoms with Crippen LogP contribution in [0, 0.1) is 0 Å². The Labute approximate surface area is 238 Å². The number of hydrogen-bond acceptors (Lipinski definition) is 8. The van der Waals surface area contributed by atoms with E-state index in [4.69, 9.17) is 23.7 Å². The summed E-state index contributed by atoms with van der Waals surface area (Å²) in [6.45, 7) is 2.62. The Morgan fingerprint density at radius 3 is 2.02 bits per heavy atom. The molecule has 0 unspecified atom stereocenters. The molecule has 41 heavy (non-hydrogen) atoms. The molecule has 0 spiro atoms. The fourth-order valence-electron chi connectivity index (χ4n) is 3.51. The first-order valence-corrected chi connectivity index (χ1v) is 12.9. The number of hydrazone groups is 1. The molecule has 4 aromatic carbocycles. The first-order chi connectivity index (χ1) is 20.1. The van der Waals surface area contributed by atoms with Gasteiger partial charge in [0.05, 0.1) is 25.5 Å². The SMILES string of the molecule is CCCOc1ccc(C(=O)Oc2ccc(/C=N\NC(=O)C(Oc3ccccc3)Oc3ccccc3)cc2OC)cc1. The highest BCUT2D eigenvalue weighted by Gasteiger charge is 2.22. The monoisotopic (exact) mass is 554 g/mol. The van der Waals surface area contributed by atoms with Crippen LogP contribution in [-0.4, -0.2) is 38.1 Å². The van der Waals surface area contributed by atoms with Gasteiger partial charge in [0.25, 0.3) is 0 Å². The van der Waals surface area contributed by atoms with Crippen molar-refractivity contribution >= 4 is 18.1 Å². The predicted molar refractivity (Wildman–Crippen MR) is 154 cm³/mol. The van der Waals surface area contributed by atoms with Crippen LogP contribution in [0.2, 0.25) is 0 Å². The van der Waals surface area contributed by atoms with Gasteiger partial charge < -0.3 is 23.7 Å². The van der Waals surface area contributed by atoms with Gasteiger partial charge in [-0.25, -0.2) is 10.2 Å². The summed E-state index contributed by atoms with van der Waals surface area (Å²) in [5, 5.41) is 4.03. The number of methoxy groups -OCH3 is 1. The summed E-state index contributed by atoms with van der Waals surface area (Å²) < 4.78 is 28.0. The van der Waals surface area contributed by atoms with Crippen LogP contribution in [0.4, 0.5) is 0 Å². The van der Waals surface area contributed by atoms with E-state index in [0.29, 0.717) is 40.7 Å². The molecule has 0 aromatic heterocycles. The van der Waals surface area contributed by atoms with Gasteiger partial charge in [-0.3, -0.25) is 4.79 Å². The number of rotatable bonds is 13. The second-order valence-electron chi connectivity index (χ2n) is 8.60. The normalized spacial score (nSPS) is 10.7. The quantitative estimate of drug-likeness (QED) is 0.0750. The third kappa shape index (κ3) is 8.59. The second-order valence-corrected chi connectivity index (χ2v) is 8.60. The van der Waals surface area contributed by atoms with Gasteiger partial charge in [-0.15, -0.1) is 0 Å². The lowest BCUT2D eigenvalue weighted by atomic mass is 10.2. The number of ether oxygens (including phenoxy) is 5. The lowest BCUT2D eigenvalue weighted by Gasteiger charge is -2.18. The summed E-state index contributed by atoms with van der Waals surface area (Å²) in [5.41, 5.74) is 3.40. The van der Waals surface area contributed by atoms with Crippen molar-refractivity contribution in [3.05, 3.63) is 114 Å². The van der Waals surface area contributed by atoms with Crippen LogP contribution in [0.5, 0.6) is 28.7 Å². The Morgan fingerprint density at radius 1 is 0.805 bits per heavy atom. The van der Waals surface area contributed by atoms with E-state index in [2.05, 4.69) is 10.5 Å². The summed E-state index contributed by atoms with van der Waals surface area (Å²) in [7, 11) is 1.46. The fourth-order valence-corrected chi connectivity index (χ4v) is 3.51. The van der Waals surface area contributed by atoms with E-state index in [1.165, 1.54) is 13.3 Å². The molecule has 0 bridgehead atoms. The van der Waals surface area contributed by atoms with Crippen molar-refractivity contribution in [3.8, 4) is 28.7 Å². The highest BCUT2D eigenvalue weighted by molar-refractivity contribution is 5.92. The standard InChI is InChI=1S/C32H30N2O7/c1-3-20-38-25-17-15-24(16-18-25)31(36)41-28-19-14-23(21-29(28)37-2)22-33-34-30(35)32(39-26-10-6-4-7-11-26)40-27-12-8-5-9-13-27/h4-19,21-22,32H,3,20H2,1-2H3,(H,34,35)/b33-22-. The number of nitrogens with one attached hydrogen (secondary N) is 1. The molecule has 1 N–H and O–H groups in total. The number of amides is 1. The van der Waals surface area contributed by atoms with Crippen LogP contribution < -0.4 is 29.1 Å². The molecule has 0 aliphatic heterocycles. The molecule has 4 aromatic rings. The first-order valence-electron chi connectivity index (χ1n) is 12.9. The molecule has 0 saturated carbocycles. The van der Waals surface area contributed by atoms with E-state index in [0.717, 1.165) is 6.42 Å². The summed E-state index contributed by atoms with van der Waals surface area (Å²) in [4.78, 5) is 25.5. The van der Waals surface area contributed by atoms with Crippen LogP contribution in [0.25, 0.3) is 0 Å². The van der Waals surface area contributed by atoms with Gasteiger partial charge >= 0.3 is 18.2 Å². The maximum absolute atomic E-state index is 12.9. The van der Waals surface area contributed by atoms with E-state index in [-0.39, 0.29) is 5.75 Å². The van der Waals surface area contributed by atoms with Crippen LogP contribution in [0.3, 0.4) is 0 Å². The van der Waals surface area contributed by atoms with Crippen LogP contribution in [0.1, 0.15) is 29.3 Å². The van der Waals surface area contributed by atoms with Crippen LogP contribution in [0.15, 0.2) is 108 Å². The first kappa shape index (κ1) is 28.7. The fraction of sp³-hybridized carbons (Fsp3) is 0.156. The third-order valence-corrected chi connectivity index (χ3v) is 5.53. The van der Waals surface area contributed by atoms with Crippen molar-refractivity contribution in [1.29, 1.82) is 0 Å². The summed E-state index contributed by atoms with van der Waals surface area (Å²) in [5.74, 6) is 0.999. The Hall–Kier alpha value is -5.31. The lowest BCUT2D eigenvalue weighted by molar-refractivity contribution is -0.140. The zero-order valence-electron chi connectivity index (χ0n) is 22.7. The molecular weight excluding hydrogens is 524 g/mol. The number of nitrogens with zero attached hydrogens (tertiary/aromatic N) is 1. The van der Waals surface area contributed by atoms with Gasteiger partial charge in [0.1, 0.15) is 17.2 Å². The van der Waals surface area contributed by atoms with Gasteiger partial charge in [0.15, 0.2) is 11.5 Å². The number of para-hydroxylation sites is 2. The molecule has 0 saturated heterocycles. The zero-order chi connectivity index (χ0) is 28.9. The minimum Gasteiger partial charge on any atom is -0.494 e. The topological polar surface area (TPSA) is 105 Å². The number of benzene rings is 4. The molecule has 9 heteroatoms. The van der Waals surface area contributed by atoms with Crippen molar-refractivity contribution in [3.63, 3.8) is 0 Å². The minimum atomic E-state index is -1.29. The number of hydrogen-bond donors (Lipinski definition) is 1. The summed E-state index contributed by atoms with van der Waals surface area (Å²) in [6.07, 6.45) is 1.02. The van der Waals surface area contributed by atoms with Crippen molar-refractivity contribution in [2.24, 2.45) is 5.10 Å². The lowest BCUT2D eigenvalue weighted by Crippen LogP contribution is -2.40. The van der Waals surface area contributed by atoms with Gasteiger partial charge in [0.2, 0.25) is 0 Å². The average molecular weight is 555 g/mol. The van der Waals surface area contributed by atoms with Crippen molar-refractivity contribution < 1.29 is 33.3 Å². The smallest absolute Gasteiger partial charge is 0.343 e. The predicted octanol–water partition coefficient (Wildman–Crippen LogP) is 5.64. The molecular formula is C32H30N2O7. The molecule has 0 aliphatic rings. The van der Waals surface area contributed by atoms with Gasteiger partial charge in [-0.05, 0) is 78.7 Å². The maximum atomic E-state index is 12.9. The van der Waals surface area contributed by atoms with Gasteiger partial charge in [0, 0.05) is 0 Å². The van der Waals surface area contributed by atoms with Crippen molar-refractivity contribution in [1.82, 2.24) is 5.43 Å². The molecule has 9 nitrogen and oxygen atoms in total. The second kappa shape index (κ2) is 14.7. The highest BCUT2D eigenvalue weighted by atomic mass is 16.7. The van der Waals surface area contributed by atoms with Crippen molar-refractivity contribution in [2.75, 3.05) is 13.7 Å². The Kier molecular flexibility index (Phi) is 10.3. The Bertz CT molecular complexity index is 1400.